The van der Waals surface area contributed by atoms with E-state index in [2.05, 4.69) is 36.9 Å². The van der Waals surface area contributed by atoms with E-state index in [9.17, 15) is 0 Å². The molecule has 2 aromatic carbocycles. The fourth-order valence-electron chi connectivity index (χ4n) is 2.50. The van der Waals surface area contributed by atoms with E-state index < -0.39 is 0 Å². The Kier molecular flexibility index (Phi) is 5.07. The van der Waals surface area contributed by atoms with Crippen molar-refractivity contribution in [1.82, 2.24) is 4.90 Å². The second kappa shape index (κ2) is 7.24. The van der Waals surface area contributed by atoms with Crippen molar-refractivity contribution in [3.8, 4) is 17.2 Å². The Bertz CT molecular complexity index is 822. The summed E-state index contributed by atoms with van der Waals surface area (Å²) in [6.45, 7) is 5.80. The molecule has 0 fully saturated rings. The van der Waals surface area contributed by atoms with Crippen molar-refractivity contribution in [3.63, 3.8) is 0 Å². The van der Waals surface area contributed by atoms with E-state index in [-0.39, 0.29) is 0 Å². The smallest absolute Gasteiger partial charge is 0.148 e. The lowest BCUT2D eigenvalue weighted by molar-refractivity contribution is 0.261. The second-order valence-electron chi connectivity index (χ2n) is 6.21. The van der Waals surface area contributed by atoms with Gasteiger partial charge in [0.1, 0.15) is 23.9 Å². The first-order valence-corrected chi connectivity index (χ1v) is 8.90. The zero-order valence-corrected chi connectivity index (χ0v) is 15.4. The average molecular weight is 341 g/mol. The molecule has 0 N–H and O–H groups in total. The van der Waals surface area contributed by atoms with Crippen LogP contribution in [0.1, 0.15) is 10.4 Å². The lowest BCUT2D eigenvalue weighted by atomic mass is 10.2. The summed E-state index contributed by atoms with van der Waals surface area (Å²) in [5.41, 5.74) is 1.27. The molecule has 126 valence electrons. The SMILES string of the molecule is Cc1ccc2c(Oc3ccc(OCCN(C)C)cc3)c(C)sc2c1. The highest BCUT2D eigenvalue weighted by molar-refractivity contribution is 7.19. The fraction of sp³-hybridized carbons (Fsp3) is 0.300. The average Bonchev–Trinajstić information content (AvgIpc) is 2.83. The van der Waals surface area contributed by atoms with Gasteiger partial charge in [-0.05, 0) is 69.9 Å². The largest absolute Gasteiger partial charge is 0.492 e. The monoisotopic (exact) mass is 341 g/mol. The molecule has 0 amide bonds. The van der Waals surface area contributed by atoms with Gasteiger partial charge >= 0.3 is 0 Å². The summed E-state index contributed by atoms with van der Waals surface area (Å²) in [4.78, 5) is 3.30. The number of rotatable bonds is 6. The van der Waals surface area contributed by atoms with Crippen LogP contribution in [0.2, 0.25) is 0 Å². The van der Waals surface area contributed by atoms with Gasteiger partial charge in [0.25, 0.3) is 0 Å². The topological polar surface area (TPSA) is 21.7 Å². The number of hydrogen-bond acceptors (Lipinski definition) is 4. The summed E-state index contributed by atoms with van der Waals surface area (Å²) in [6, 6.07) is 14.3. The van der Waals surface area contributed by atoms with Gasteiger partial charge in [-0.3, -0.25) is 0 Å². The predicted octanol–water partition coefficient (Wildman–Crippen LogP) is 5.25. The Labute approximate surface area is 147 Å². The number of thiophene rings is 1. The van der Waals surface area contributed by atoms with Crippen LogP contribution in [-0.2, 0) is 0 Å². The number of fused-ring (bicyclic) bond motifs is 1. The number of likely N-dealkylation sites (N-methyl/N-ethyl adjacent to an activating group) is 1. The third kappa shape index (κ3) is 3.89. The Morgan fingerprint density at radius 2 is 1.67 bits per heavy atom. The summed E-state index contributed by atoms with van der Waals surface area (Å²) in [5, 5.41) is 1.18. The van der Waals surface area contributed by atoms with E-state index in [1.54, 1.807) is 11.3 Å². The molecule has 0 aliphatic carbocycles. The summed E-state index contributed by atoms with van der Waals surface area (Å²) in [5.74, 6) is 2.65. The van der Waals surface area contributed by atoms with E-state index >= 15 is 0 Å². The molecule has 0 spiro atoms. The molecular weight excluding hydrogens is 318 g/mol. The van der Waals surface area contributed by atoms with Crippen LogP contribution in [-0.4, -0.2) is 32.1 Å². The van der Waals surface area contributed by atoms with Crippen molar-refractivity contribution in [3.05, 3.63) is 52.9 Å². The fourth-order valence-corrected chi connectivity index (χ4v) is 3.59. The van der Waals surface area contributed by atoms with Gasteiger partial charge in [-0.15, -0.1) is 11.3 Å². The van der Waals surface area contributed by atoms with E-state index in [0.717, 1.165) is 23.8 Å². The number of aryl methyl sites for hydroxylation is 2. The number of ether oxygens (including phenoxy) is 2. The predicted molar refractivity (Wildman–Crippen MR) is 102 cm³/mol. The Balaban J connectivity index is 1.73. The van der Waals surface area contributed by atoms with Gasteiger partial charge in [0, 0.05) is 21.5 Å². The standard InChI is InChI=1S/C20H23NO2S/c1-14-5-10-18-19(13-14)24-15(2)20(18)23-17-8-6-16(7-9-17)22-12-11-21(3)4/h5-10,13H,11-12H2,1-4H3. The Morgan fingerprint density at radius 1 is 0.958 bits per heavy atom. The van der Waals surface area contributed by atoms with Gasteiger partial charge < -0.3 is 14.4 Å². The molecule has 1 aromatic heterocycles. The van der Waals surface area contributed by atoms with E-state index in [4.69, 9.17) is 9.47 Å². The van der Waals surface area contributed by atoms with Crippen LogP contribution in [0.5, 0.6) is 17.2 Å². The molecule has 0 aliphatic heterocycles. The second-order valence-corrected chi connectivity index (χ2v) is 7.47. The van der Waals surface area contributed by atoms with Crippen molar-refractivity contribution in [2.24, 2.45) is 0 Å². The summed E-state index contributed by atoms with van der Waals surface area (Å²) in [7, 11) is 4.07. The van der Waals surface area contributed by atoms with Crippen LogP contribution in [0, 0.1) is 13.8 Å². The summed E-state index contributed by atoms with van der Waals surface area (Å²) in [6.07, 6.45) is 0. The summed E-state index contributed by atoms with van der Waals surface area (Å²) >= 11 is 1.77. The van der Waals surface area contributed by atoms with Crippen molar-refractivity contribution < 1.29 is 9.47 Å². The molecule has 0 aliphatic rings. The zero-order chi connectivity index (χ0) is 17.1. The van der Waals surface area contributed by atoms with Gasteiger partial charge in [0.05, 0.1) is 0 Å². The molecule has 3 aromatic rings. The minimum Gasteiger partial charge on any atom is -0.492 e. The third-order valence-corrected chi connectivity index (χ3v) is 4.86. The minimum atomic E-state index is 0.681. The molecule has 0 saturated heterocycles. The molecular formula is C20H23NO2S. The first-order chi connectivity index (χ1) is 11.5. The van der Waals surface area contributed by atoms with Crippen LogP contribution in [0.4, 0.5) is 0 Å². The van der Waals surface area contributed by atoms with Gasteiger partial charge in [-0.1, -0.05) is 6.07 Å². The van der Waals surface area contributed by atoms with Crippen LogP contribution in [0.3, 0.4) is 0 Å². The number of nitrogens with zero attached hydrogens (tertiary/aromatic N) is 1. The van der Waals surface area contributed by atoms with Crippen molar-refractivity contribution in [2.75, 3.05) is 27.2 Å². The quantitative estimate of drug-likeness (QED) is 0.611. The maximum atomic E-state index is 6.15. The Morgan fingerprint density at radius 3 is 2.38 bits per heavy atom. The van der Waals surface area contributed by atoms with Crippen LogP contribution in [0.15, 0.2) is 42.5 Å². The molecule has 0 saturated carbocycles. The normalized spacial score (nSPS) is 11.2. The summed E-state index contributed by atoms with van der Waals surface area (Å²) < 4.78 is 13.1. The van der Waals surface area contributed by atoms with Gasteiger partial charge in [0.2, 0.25) is 0 Å². The molecule has 4 heteroatoms. The lowest BCUT2D eigenvalue weighted by Gasteiger charge is -2.11. The van der Waals surface area contributed by atoms with Crippen LogP contribution >= 0.6 is 11.3 Å². The highest BCUT2D eigenvalue weighted by Gasteiger charge is 2.11. The Hall–Kier alpha value is -2.04. The minimum absolute atomic E-state index is 0.681. The number of hydrogen-bond donors (Lipinski definition) is 0. The van der Waals surface area contributed by atoms with Crippen molar-refractivity contribution in [2.45, 2.75) is 13.8 Å². The van der Waals surface area contributed by atoms with Gasteiger partial charge in [-0.2, -0.15) is 0 Å². The maximum Gasteiger partial charge on any atom is 0.148 e. The van der Waals surface area contributed by atoms with Crippen molar-refractivity contribution in [1.29, 1.82) is 0 Å². The first kappa shape index (κ1) is 16.8. The van der Waals surface area contributed by atoms with Gasteiger partial charge in [0.15, 0.2) is 0 Å². The number of benzene rings is 2. The molecule has 0 radical (unpaired) electrons. The molecule has 3 nitrogen and oxygen atoms in total. The molecule has 1 heterocycles. The first-order valence-electron chi connectivity index (χ1n) is 8.08. The maximum absolute atomic E-state index is 6.15. The molecule has 0 unspecified atom stereocenters. The highest BCUT2D eigenvalue weighted by atomic mass is 32.1. The van der Waals surface area contributed by atoms with E-state index in [1.807, 2.05) is 38.4 Å². The highest BCUT2D eigenvalue weighted by Crippen LogP contribution is 2.40. The van der Waals surface area contributed by atoms with Crippen LogP contribution < -0.4 is 9.47 Å². The zero-order valence-electron chi connectivity index (χ0n) is 14.6. The third-order valence-electron chi connectivity index (χ3n) is 3.82. The molecule has 0 atom stereocenters. The molecule has 0 bridgehead atoms. The lowest BCUT2D eigenvalue weighted by Crippen LogP contribution is -2.19. The van der Waals surface area contributed by atoms with Crippen LogP contribution in [0.25, 0.3) is 10.1 Å². The molecule has 24 heavy (non-hydrogen) atoms. The molecule has 3 rings (SSSR count). The van der Waals surface area contributed by atoms with E-state index in [1.165, 1.54) is 20.5 Å². The van der Waals surface area contributed by atoms with Crippen molar-refractivity contribution >= 4 is 21.4 Å². The van der Waals surface area contributed by atoms with Gasteiger partial charge in [-0.25, -0.2) is 0 Å². The van der Waals surface area contributed by atoms with E-state index in [0.29, 0.717) is 6.61 Å².